The first kappa shape index (κ1) is 12.8. The molecule has 2 heteroatoms. The molecule has 18 heavy (non-hydrogen) atoms. The maximum absolute atomic E-state index is 12.3. The molecule has 1 aliphatic rings. The molecule has 94 valence electrons. The minimum absolute atomic E-state index is 0.00274. The van der Waals surface area contributed by atoms with Crippen molar-refractivity contribution in [1.29, 1.82) is 5.26 Å². The summed E-state index contributed by atoms with van der Waals surface area (Å²) in [6.45, 7) is 8.42. The number of carbonyl (C=O) groups excluding carboxylic acids is 1. The van der Waals surface area contributed by atoms with Gasteiger partial charge in [-0.3, -0.25) is 4.79 Å². The zero-order chi connectivity index (χ0) is 13.6. The van der Waals surface area contributed by atoms with Crippen molar-refractivity contribution in [3.05, 3.63) is 34.9 Å². The van der Waals surface area contributed by atoms with Crippen LogP contribution in [0.15, 0.2) is 18.2 Å². The Kier molecular flexibility index (Phi) is 2.81. The van der Waals surface area contributed by atoms with E-state index in [1.807, 2.05) is 19.1 Å². The van der Waals surface area contributed by atoms with Crippen molar-refractivity contribution in [2.45, 2.75) is 46.0 Å². The number of hydrogen-bond acceptors (Lipinski definition) is 2. The van der Waals surface area contributed by atoms with Gasteiger partial charge in [-0.15, -0.1) is 0 Å². The van der Waals surface area contributed by atoms with Crippen LogP contribution in [0.5, 0.6) is 0 Å². The molecular formula is C16H19NO. The lowest BCUT2D eigenvalue weighted by molar-refractivity contribution is 0.0934. The van der Waals surface area contributed by atoms with E-state index in [1.165, 1.54) is 5.56 Å². The van der Waals surface area contributed by atoms with Crippen molar-refractivity contribution < 1.29 is 4.79 Å². The highest BCUT2D eigenvalue weighted by atomic mass is 16.1. The molecule has 0 N–H and O–H groups in total. The van der Waals surface area contributed by atoms with Gasteiger partial charge in [-0.05, 0) is 36.3 Å². The van der Waals surface area contributed by atoms with Gasteiger partial charge in [-0.1, -0.05) is 39.0 Å². The lowest BCUT2D eigenvalue weighted by atomic mass is 9.84. The first-order valence-corrected chi connectivity index (χ1v) is 6.37. The summed E-state index contributed by atoms with van der Waals surface area (Å²) in [6, 6.07) is 8.14. The maximum Gasteiger partial charge on any atom is 0.183 e. The van der Waals surface area contributed by atoms with Crippen LogP contribution in [-0.4, -0.2) is 5.78 Å². The summed E-state index contributed by atoms with van der Waals surface area (Å²) in [6.07, 6.45) is 1.42. The fourth-order valence-corrected chi connectivity index (χ4v) is 2.16. The highest BCUT2D eigenvalue weighted by Crippen LogP contribution is 2.48. The van der Waals surface area contributed by atoms with E-state index in [-0.39, 0.29) is 11.2 Å². The fourth-order valence-electron chi connectivity index (χ4n) is 2.16. The zero-order valence-corrected chi connectivity index (χ0v) is 11.5. The second-order valence-corrected chi connectivity index (χ2v) is 6.30. The third kappa shape index (κ3) is 2.06. The molecular weight excluding hydrogens is 222 g/mol. The minimum atomic E-state index is -0.714. The van der Waals surface area contributed by atoms with Crippen LogP contribution < -0.4 is 0 Å². The summed E-state index contributed by atoms with van der Waals surface area (Å²) in [7, 11) is 0. The second kappa shape index (κ2) is 3.95. The number of aryl methyl sites for hydroxylation is 1. The molecule has 1 aromatic carbocycles. The van der Waals surface area contributed by atoms with Crippen LogP contribution in [0.25, 0.3) is 0 Å². The summed E-state index contributed by atoms with van der Waals surface area (Å²) in [5.41, 5.74) is 2.28. The van der Waals surface area contributed by atoms with Crippen LogP contribution >= 0.6 is 0 Å². The van der Waals surface area contributed by atoms with Gasteiger partial charge in [0.1, 0.15) is 5.41 Å². The molecule has 0 radical (unpaired) electrons. The number of Topliss-reactive ketones (excluding diaryl/α,β-unsaturated/α-hetero) is 1. The third-order valence-electron chi connectivity index (χ3n) is 3.74. The van der Waals surface area contributed by atoms with Gasteiger partial charge in [-0.2, -0.15) is 5.26 Å². The molecule has 0 amide bonds. The molecule has 1 aliphatic carbocycles. The van der Waals surface area contributed by atoms with Crippen molar-refractivity contribution in [3.8, 4) is 6.07 Å². The summed E-state index contributed by atoms with van der Waals surface area (Å²) in [4.78, 5) is 12.3. The Hall–Kier alpha value is -1.62. The van der Waals surface area contributed by atoms with Crippen LogP contribution in [0, 0.1) is 23.7 Å². The molecule has 0 heterocycles. The number of benzene rings is 1. The summed E-state index contributed by atoms with van der Waals surface area (Å²) in [5.74, 6) is 0.00274. The van der Waals surface area contributed by atoms with E-state index >= 15 is 0 Å². The summed E-state index contributed by atoms with van der Waals surface area (Å²) >= 11 is 0. The summed E-state index contributed by atoms with van der Waals surface area (Å²) in [5, 5.41) is 9.09. The molecule has 0 bridgehead atoms. The molecule has 0 unspecified atom stereocenters. The predicted molar refractivity (Wildman–Crippen MR) is 71.5 cm³/mol. The first-order chi connectivity index (χ1) is 8.30. The van der Waals surface area contributed by atoms with E-state index in [9.17, 15) is 4.79 Å². The molecule has 0 aliphatic heterocycles. The number of carbonyl (C=O) groups is 1. The third-order valence-corrected chi connectivity index (χ3v) is 3.74. The van der Waals surface area contributed by atoms with Crippen molar-refractivity contribution in [1.82, 2.24) is 0 Å². The van der Waals surface area contributed by atoms with Gasteiger partial charge >= 0.3 is 0 Å². The highest BCUT2D eigenvalue weighted by molar-refractivity contribution is 6.05. The van der Waals surface area contributed by atoms with Crippen molar-refractivity contribution in [2.75, 3.05) is 0 Å². The Labute approximate surface area is 109 Å². The molecule has 1 saturated carbocycles. The standard InChI is InChI=1S/C16H19NO/c1-11-9-12(15(2,3)4)5-6-13(11)14(18)16(10-17)7-8-16/h5-6,9H,7-8H2,1-4H3. The Morgan fingerprint density at radius 2 is 1.94 bits per heavy atom. The zero-order valence-electron chi connectivity index (χ0n) is 11.5. The number of nitrogens with zero attached hydrogens (tertiary/aromatic N) is 1. The van der Waals surface area contributed by atoms with Gasteiger partial charge in [0.15, 0.2) is 5.78 Å². The monoisotopic (exact) mass is 241 g/mol. The largest absolute Gasteiger partial charge is 0.292 e. The lowest BCUT2D eigenvalue weighted by Gasteiger charge is -2.20. The second-order valence-electron chi connectivity index (χ2n) is 6.30. The topological polar surface area (TPSA) is 40.9 Å². The van der Waals surface area contributed by atoms with Gasteiger partial charge in [0.25, 0.3) is 0 Å². The molecule has 2 rings (SSSR count). The lowest BCUT2D eigenvalue weighted by Crippen LogP contribution is -2.17. The van der Waals surface area contributed by atoms with E-state index in [1.54, 1.807) is 0 Å². The van der Waals surface area contributed by atoms with Crippen LogP contribution in [0.1, 0.15) is 55.1 Å². The molecule has 1 aromatic rings. The Morgan fingerprint density at radius 3 is 2.33 bits per heavy atom. The van der Waals surface area contributed by atoms with Gasteiger partial charge in [-0.25, -0.2) is 0 Å². The van der Waals surface area contributed by atoms with Gasteiger partial charge in [0.05, 0.1) is 6.07 Å². The van der Waals surface area contributed by atoms with Crippen LogP contribution in [0.2, 0.25) is 0 Å². The van der Waals surface area contributed by atoms with E-state index in [0.717, 1.165) is 5.56 Å². The highest BCUT2D eigenvalue weighted by Gasteiger charge is 2.50. The van der Waals surface area contributed by atoms with Crippen molar-refractivity contribution in [2.24, 2.45) is 5.41 Å². The quantitative estimate of drug-likeness (QED) is 0.739. The number of nitriles is 1. The van der Waals surface area contributed by atoms with Crippen molar-refractivity contribution in [3.63, 3.8) is 0 Å². The molecule has 1 fully saturated rings. The Bertz CT molecular complexity index is 539. The van der Waals surface area contributed by atoms with Crippen molar-refractivity contribution >= 4 is 5.78 Å². The van der Waals surface area contributed by atoms with E-state index in [2.05, 4.69) is 32.9 Å². The Balaban J connectivity index is 2.38. The fraction of sp³-hybridized carbons (Fsp3) is 0.500. The predicted octanol–water partition coefficient (Wildman–Crippen LogP) is 3.78. The van der Waals surface area contributed by atoms with Gasteiger partial charge in [0, 0.05) is 5.56 Å². The number of rotatable bonds is 2. The first-order valence-electron chi connectivity index (χ1n) is 6.37. The molecule has 2 nitrogen and oxygen atoms in total. The van der Waals surface area contributed by atoms with E-state index in [4.69, 9.17) is 5.26 Å². The maximum atomic E-state index is 12.3. The van der Waals surface area contributed by atoms with Crippen LogP contribution in [0.4, 0.5) is 0 Å². The number of hydrogen-bond donors (Lipinski definition) is 0. The SMILES string of the molecule is Cc1cc(C(C)(C)C)ccc1C(=O)C1(C#N)CC1. The van der Waals surface area contributed by atoms with E-state index in [0.29, 0.717) is 18.4 Å². The van der Waals surface area contributed by atoms with Gasteiger partial charge in [0.2, 0.25) is 0 Å². The molecule has 0 saturated heterocycles. The van der Waals surface area contributed by atoms with Crippen LogP contribution in [0.3, 0.4) is 0 Å². The smallest absolute Gasteiger partial charge is 0.183 e. The summed E-state index contributed by atoms with van der Waals surface area (Å²) < 4.78 is 0. The normalized spacial score (nSPS) is 17.1. The molecule has 0 atom stereocenters. The van der Waals surface area contributed by atoms with E-state index < -0.39 is 5.41 Å². The van der Waals surface area contributed by atoms with Gasteiger partial charge < -0.3 is 0 Å². The molecule has 0 aromatic heterocycles. The average Bonchev–Trinajstić information content (AvgIpc) is 3.07. The minimum Gasteiger partial charge on any atom is -0.292 e. The molecule has 0 spiro atoms. The van der Waals surface area contributed by atoms with Crippen LogP contribution in [-0.2, 0) is 5.41 Å². The average molecular weight is 241 g/mol. The number of ketones is 1. The Morgan fingerprint density at radius 1 is 1.33 bits per heavy atom.